The van der Waals surface area contributed by atoms with Crippen molar-refractivity contribution in [1.29, 1.82) is 0 Å². The summed E-state index contributed by atoms with van der Waals surface area (Å²) in [6.45, 7) is 5.42. The van der Waals surface area contributed by atoms with Crippen molar-refractivity contribution in [2.45, 2.75) is 51.5 Å². The summed E-state index contributed by atoms with van der Waals surface area (Å²) in [4.78, 5) is 27.1. The lowest BCUT2D eigenvalue weighted by Gasteiger charge is -2.36. The molecule has 2 aliphatic carbocycles. The number of piperidine rings is 1. The summed E-state index contributed by atoms with van der Waals surface area (Å²) >= 11 is 0. The van der Waals surface area contributed by atoms with Crippen molar-refractivity contribution >= 4 is 11.8 Å². The fourth-order valence-electron chi connectivity index (χ4n) is 4.95. The number of amides is 2. The normalized spacial score (nSPS) is 32.2. The van der Waals surface area contributed by atoms with E-state index >= 15 is 0 Å². The third-order valence-electron chi connectivity index (χ3n) is 6.41. The van der Waals surface area contributed by atoms with Gasteiger partial charge in [-0.15, -0.1) is 0 Å². The number of hydrogen-bond acceptors (Lipinski definition) is 4. The number of hydrogen-bond donors (Lipinski definition) is 2. The summed E-state index contributed by atoms with van der Waals surface area (Å²) in [6.07, 6.45) is 5.87. The van der Waals surface area contributed by atoms with Crippen LogP contribution < -0.4 is 11.1 Å². The number of nitrogens with two attached hydrogens (primary N) is 1. The number of carbonyl (C=O) groups excluding carboxylic acids is 2. The van der Waals surface area contributed by atoms with E-state index in [4.69, 9.17) is 10.5 Å². The lowest BCUT2D eigenvalue weighted by molar-refractivity contribution is -0.141. The number of fused-ring (bicyclic) bond motifs is 2. The minimum absolute atomic E-state index is 0.0303. The molecule has 25 heavy (non-hydrogen) atoms. The zero-order valence-electron chi connectivity index (χ0n) is 15.4. The van der Waals surface area contributed by atoms with Gasteiger partial charge in [0.25, 0.3) is 0 Å². The number of nitrogens with one attached hydrogen (secondary N) is 1. The topological polar surface area (TPSA) is 84.7 Å². The van der Waals surface area contributed by atoms with Gasteiger partial charge in [0.05, 0.1) is 5.92 Å². The minimum Gasteiger partial charge on any atom is -0.382 e. The van der Waals surface area contributed by atoms with Gasteiger partial charge in [-0.1, -0.05) is 0 Å². The summed E-state index contributed by atoms with van der Waals surface area (Å²) < 4.78 is 5.27. The second kappa shape index (κ2) is 8.49. The van der Waals surface area contributed by atoms with E-state index in [2.05, 4.69) is 5.32 Å². The lowest BCUT2D eigenvalue weighted by Crippen LogP contribution is -2.50. The molecule has 1 heterocycles. The highest BCUT2D eigenvalue weighted by atomic mass is 16.5. The highest BCUT2D eigenvalue weighted by molar-refractivity contribution is 5.82. The van der Waals surface area contributed by atoms with Gasteiger partial charge in [-0.05, 0) is 57.3 Å². The standard InChI is InChI=1S/C19H33N3O3/c1-2-25-11-3-8-21-18(23)13-6-9-22(10-7-13)19(24)16-14-4-5-15(12-14)17(16)20/h13-17H,2-12,20H2,1H3,(H,21,23). The van der Waals surface area contributed by atoms with Gasteiger partial charge in [-0.25, -0.2) is 0 Å². The predicted molar refractivity (Wildman–Crippen MR) is 95.7 cm³/mol. The first-order valence-electron chi connectivity index (χ1n) is 10.0. The molecule has 3 fully saturated rings. The van der Waals surface area contributed by atoms with Crippen LogP contribution in [0.4, 0.5) is 0 Å². The number of nitrogens with zero attached hydrogens (tertiary/aromatic N) is 1. The highest BCUT2D eigenvalue weighted by Crippen LogP contribution is 2.48. The molecule has 0 aromatic rings. The summed E-state index contributed by atoms with van der Waals surface area (Å²) in [5, 5.41) is 3.00. The van der Waals surface area contributed by atoms with E-state index in [0.717, 1.165) is 32.1 Å². The number of likely N-dealkylation sites (tertiary alicyclic amines) is 1. The fraction of sp³-hybridized carbons (Fsp3) is 0.895. The molecular weight excluding hydrogens is 318 g/mol. The third-order valence-corrected chi connectivity index (χ3v) is 6.41. The van der Waals surface area contributed by atoms with E-state index in [1.807, 2.05) is 11.8 Å². The molecule has 3 rings (SSSR count). The summed E-state index contributed by atoms with van der Waals surface area (Å²) in [5.41, 5.74) is 6.31. The lowest BCUT2D eigenvalue weighted by atomic mass is 9.83. The Morgan fingerprint density at radius 3 is 2.52 bits per heavy atom. The van der Waals surface area contributed by atoms with Crippen LogP contribution in [0, 0.1) is 23.7 Å². The van der Waals surface area contributed by atoms with Crippen molar-refractivity contribution in [3.63, 3.8) is 0 Å². The molecule has 1 aliphatic heterocycles. The minimum atomic E-state index is 0.0303. The smallest absolute Gasteiger partial charge is 0.227 e. The van der Waals surface area contributed by atoms with Gasteiger partial charge >= 0.3 is 0 Å². The van der Waals surface area contributed by atoms with Crippen LogP contribution >= 0.6 is 0 Å². The maximum atomic E-state index is 12.9. The fourth-order valence-corrected chi connectivity index (χ4v) is 4.95. The van der Waals surface area contributed by atoms with E-state index in [1.165, 1.54) is 6.42 Å². The van der Waals surface area contributed by atoms with Crippen LogP contribution in [-0.2, 0) is 14.3 Å². The Hall–Kier alpha value is -1.14. The van der Waals surface area contributed by atoms with E-state index in [0.29, 0.717) is 44.7 Å². The molecule has 142 valence electrons. The molecular formula is C19H33N3O3. The van der Waals surface area contributed by atoms with Crippen molar-refractivity contribution in [3.8, 4) is 0 Å². The first-order chi connectivity index (χ1) is 12.1. The van der Waals surface area contributed by atoms with Crippen LogP contribution in [0.2, 0.25) is 0 Å². The zero-order valence-corrected chi connectivity index (χ0v) is 15.4. The average Bonchev–Trinajstić information content (AvgIpc) is 3.22. The highest BCUT2D eigenvalue weighted by Gasteiger charge is 2.50. The Balaban J connectivity index is 1.39. The Morgan fingerprint density at radius 1 is 1.16 bits per heavy atom. The van der Waals surface area contributed by atoms with Gasteiger partial charge in [0.15, 0.2) is 0 Å². The number of ether oxygens (including phenoxy) is 1. The molecule has 2 bridgehead atoms. The molecule has 6 heteroatoms. The van der Waals surface area contributed by atoms with Crippen molar-refractivity contribution in [1.82, 2.24) is 10.2 Å². The molecule has 0 aromatic heterocycles. The largest absolute Gasteiger partial charge is 0.382 e. The molecule has 0 spiro atoms. The zero-order chi connectivity index (χ0) is 17.8. The van der Waals surface area contributed by atoms with Crippen LogP contribution in [0.3, 0.4) is 0 Å². The molecule has 3 aliphatic rings. The van der Waals surface area contributed by atoms with Crippen LogP contribution in [0.25, 0.3) is 0 Å². The SMILES string of the molecule is CCOCCCNC(=O)C1CCN(C(=O)C2C3CCC(C3)C2N)CC1. The van der Waals surface area contributed by atoms with Crippen LogP contribution in [0.5, 0.6) is 0 Å². The first kappa shape index (κ1) is 18.6. The molecule has 1 saturated heterocycles. The predicted octanol–water partition coefficient (Wildman–Crippen LogP) is 1.14. The maximum absolute atomic E-state index is 12.9. The summed E-state index contributed by atoms with van der Waals surface area (Å²) in [5.74, 6) is 1.49. The second-order valence-electron chi connectivity index (χ2n) is 7.88. The average molecular weight is 351 g/mol. The van der Waals surface area contributed by atoms with Gasteiger partial charge in [-0.3, -0.25) is 9.59 Å². The van der Waals surface area contributed by atoms with Gasteiger partial charge in [0.2, 0.25) is 11.8 Å². The Morgan fingerprint density at radius 2 is 1.88 bits per heavy atom. The molecule has 3 N–H and O–H groups in total. The first-order valence-corrected chi connectivity index (χ1v) is 10.0. The Labute approximate surface area is 150 Å². The molecule has 0 radical (unpaired) electrons. The van der Waals surface area contributed by atoms with Gasteiger partial charge in [0.1, 0.15) is 0 Å². The Bertz CT molecular complexity index is 475. The van der Waals surface area contributed by atoms with Gasteiger partial charge in [0, 0.05) is 44.8 Å². The number of rotatable bonds is 7. The van der Waals surface area contributed by atoms with E-state index in [1.54, 1.807) is 0 Å². The van der Waals surface area contributed by atoms with Crippen molar-refractivity contribution < 1.29 is 14.3 Å². The molecule has 2 saturated carbocycles. The van der Waals surface area contributed by atoms with Crippen molar-refractivity contribution in [3.05, 3.63) is 0 Å². The quantitative estimate of drug-likeness (QED) is 0.674. The maximum Gasteiger partial charge on any atom is 0.227 e. The van der Waals surface area contributed by atoms with Crippen LogP contribution in [-0.4, -0.2) is 55.6 Å². The van der Waals surface area contributed by atoms with Gasteiger partial charge < -0.3 is 20.7 Å². The van der Waals surface area contributed by atoms with Crippen molar-refractivity contribution in [2.75, 3.05) is 32.8 Å². The van der Waals surface area contributed by atoms with E-state index in [9.17, 15) is 9.59 Å². The van der Waals surface area contributed by atoms with Crippen LogP contribution in [0.15, 0.2) is 0 Å². The molecule has 0 aromatic carbocycles. The second-order valence-corrected chi connectivity index (χ2v) is 7.88. The van der Waals surface area contributed by atoms with Gasteiger partial charge in [-0.2, -0.15) is 0 Å². The summed E-state index contributed by atoms with van der Waals surface area (Å²) in [6, 6.07) is 0.0533. The van der Waals surface area contributed by atoms with E-state index < -0.39 is 0 Å². The third kappa shape index (κ3) is 4.17. The molecule has 4 atom stereocenters. The van der Waals surface area contributed by atoms with Crippen molar-refractivity contribution in [2.24, 2.45) is 29.4 Å². The monoisotopic (exact) mass is 351 g/mol. The molecule has 2 amide bonds. The Kier molecular flexibility index (Phi) is 6.34. The molecule has 4 unspecified atom stereocenters. The van der Waals surface area contributed by atoms with Crippen LogP contribution in [0.1, 0.15) is 45.4 Å². The number of carbonyl (C=O) groups is 2. The van der Waals surface area contributed by atoms with E-state index in [-0.39, 0.29) is 29.7 Å². The molecule has 6 nitrogen and oxygen atoms in total. The summed E-state index contributed by atoms with van der Waals surface area (Å²) in [7, 11) is 0.